The zero-order valence-corrected chi connectivity index (χ0v) is 12.0. The average molecular weight is 279 g/mol. The van der Waals surface area contributed by atoms with Crippen LogP contribution in [0.2, 0.25) is 0 Å². The lowest BCUT2D eigenvalue weighted by Crippen LogP contribution is -2.38. The fourth-order valence-electron chi connectivity index (χ4n) is 2.34. The van der Waals surface area contributed by atoms with Gasteiger partial charge in [0.2, 0.25) is 0 Å². The molecule has 0 spiro atoms. The molecule has 0 amide bonds. The molecule has 0 aliphatic heterocycles. The minimum Gasteiger partial charge on any atom is -0.395 e. The molecular weight excluding hydrogens is 257 g/mol. The molecule has 0 aliphatic rings. The van der Waals surface area contributed by atoms with E-state index < -0.39 is 0 Å². The second kappa shape index (κ2) is 6.83. The highest BCUT2D eigenvalue weighted by Gasteiger charge is 2.07. The number of nitrogens with one attached hydrogen (secondary N) is 2. The summed E-state index contributed by atoms with van der Waals surface area (Å²) >= 11 is 0. The molecule has 0 saturated heterocycles. The first kappa shape index (κ1) is 15.0. The number of benzene rings is 1. The Morgan fingerprint density at radius 1 is 1.40 bits per heavy atom. The second-order valence-electron chi connectivity index (χ2n) is 5.29. The summed E-state index contributed by atoms with van der Waals surface area (Å²) in [6.45, 7) is 4.55. The van der Waals surface area contributed by atoms with Gasteiger partial charge in [0, 0.05) is 42.3 Å². The molecule has 2 rings (SSSR count). The maximum atomic E-state index is 13.1. The molecule has 0 bridgehead atoms. The highest BCUT2D eigenvalue weighted by Crippen LogP contribution is 2.16. The summed E-state index contributed by atoms with van der Waals surface area (Å²) in [5.74, 6) is -0.213. The highest BCUT2D eigenvalue weighted by atomic mass is 19.1. The van der Waals surface area contributed by atoms with Crippen molar-refractivity contribution in [1.29, 1.82) is 0 Å². The van der Waals surface area contributed by atoms with Gasteiger partial charge in [-0.05, 0) is 38.2 Å². The van der Waals surface area contributed by atoms with E-state index >= 15 is 0 Å². The molecule has 1 atom stereocenters. The third-order valence-corrected chi connectivity index (χ3v) is 3.35. The van der Waals surface area contributed by atoms with Gasteiger partial charge in [-0.25, -0.2) is 4.39 Å². The van der Waals surface area contributed by atoms with Gasteiger partial charge < -0.3 is 20.3 Å². The van der Waals surface area contributed by atoms with E-state index in [0.29, 0.717) is 19.1 Å². The largest absolute Gasteiger partial charge is 0.395 e. The first-order chi connectivity index (χ1) is 9.58. The van der Waals surface area contributed by atoms with Crippen molar-refractivity contribution in [3.8, 4) is 0 Å². The van der Waals surface area contributed by atoms with Crippen LogP contribution in [0.25, 0.3) is 10.9 Å². The number of hydrogen-bond donors (Lipinski definition) is 3. The zero-order valence-electron chi connectivity index (χ0n) is 12.0. The van der Waals surface area contributed by atoms with Gasteiger partial charge in [0.25, 0.3) is 0 Å². The van der Waals surface area contributed by atoms with Crippen molar-refractivity contribution in [2.45, 2.75) is 19.5 Å². The highest BCUT2D eigenvalue weighted by molar-refractivity contribution is 5.80. The van der Waals surface area contributed by atoms with Crippen LogP contribution in [-0.4, -0.2) is 47.8 Å². The van der Waals surface area contributed by atoms with Gasteiger partial charge in [-0.3, -0.25) is 0 Å². The first-order valence-electron chi connectivity index (χ1n) is 6.88. The van der Waals surface area contributed by atoms with E-state index in [0.717, 1.165) is 23.1 Å². The fraction of sp³-hybridized carbons (Fsp3) is 0.467. The van der Waals surface area contributed by atoms with Crippen molar-refractivity contribution >= 4 is 10.9 Å². The Bertz CT molecular complexity index is 555. The molecule has 3 N–H and O–H groups in total. The summed E-state index contributed by atoms with van der Waals surface area (Å²) < 4.78 is 13.1. The normalized spacial score (nSPS) is 13.2. The Labute approximate surface area is 118 Å². The van der Waals surface area contributed by atoms with E-state index in [4.69, 9.17) is 5.11 Å². The van der Waals surface area contributed by atoms with Crippen LogP contribution in [0.1, 0.15) is 12.6 Å². The predicted octanol–water partition coefficient (Wildman–Crippen LogP) is 1.71. The van der Waals surface area contributed by atoms with Crippen molar-refractivity contribution in [2.75, 3.05) is 26.7 Å². The van der Waals surface area contributed by atoms with E-state index in [2.05, 4.69) is 22.1 Å². The van der Waals surface area contributed by atoms with E-state index in [-0.39, 0.29) is 12.4 Å². The van der Waals surface area contributed by atoms with E-state index in [1.54, 1.807) is 6.07 Å². The SMILES string of the molecule is CC(CN(C)CCO)NCc1cc2cc(F)ccc2[nH]1. The van der Waals surface area contributed by atoms with Crippen LogP contribution in [0.4, 0.5) is 4.39 Å². The summed E-state index contributed by atoms with van der Waals surface area (Å²) in [5.41, 5.74) is 2.00. The fourth-order valence-corrected chi connectivity index (χ4v) is 2.34. The molecule has 1 aromatic carbocycles. The van der Waals surface area contributed by atoms with Crippen molar-refractivity contribution < 1.29 is 9.50 Å². The maximum Gasteiger partial charge on any atom is 0.123 e. The zero-order chi connectivity index (χ0) is 14.5. The van der Waals surface area contributed by atoms with Crippen LogP contribution >= 0.6 is 0 Å². The molecule has 5 heteroatoms. The number of aromatic amines is 1. The van der Waals surface area contributed by atoms with Crippen LogP contribution in [0.3, 0.4) is 0 Å². The molecule has 4 nitrogen and oxygen atoms in total. The summed E-state index contributed by atoms with van der Waals surface area (Å²) in [7, 11) is 1.99. The second-order valence-corrected chi connectivity index (χ2v) is 5.29. The number of halogens is 1. The monoisotopic (exact) mass is 279 g/mol. The van der Waals surface area contributed by atoms with Gasteiger partial charge in [0.1, 0.15) is 5.82 Å². The van der Waals surface area contributed by atoms with Gasteiger partial charge >= 0.3 is 0 Å². The molecule has 1 aromatic heterocycles. The number of likely N-dealkylation sites (N-methyl/N-ethyl adjacent to an activating group) is 1. The molecule has 0 saturated carbocycles. The number of aliphatic hydroxyl groups is 1. The Balaban J connectivity index is 1.89. The number of hydrogen-bond acceptors (Lipinski definition) is 3. The van der Waals surface area contributed by atoms with Gasteiger partial charge in [0.15, 0.2) is 0 Å². The Hall–Kier alpha value is -1.43. The van der Waals surface area contributed by atoms with Gasteiger partial charge in [-0.2, -0.15) is 0 Å². The molecule has 110 valence electrons. The summed E-state index contributed by atoms with van der Waals surface area (Å²) in [4.78, 5) is 5.36. The van der Waals surface area contributed by atoms with E-state index in [1.165, 1.54) is 12.1 Å². The maximum absolute atomic E-state index is 13.1. The third kappa shape index (κ3) is 4.03. The number of rotatable bonds is 7. The molecule has 0 aliphatic carbocycles. The van der Waals surface area contributed by atoms with Crippen molar-refractivity contribution in [3.63, 3.8) is 0 Å². The minimum atomic E-state index is -0.213. The predicted molar refractivity (Wildman–Crippen MR) is 79.1 cm³/mol. The van der Waals surface area contributed by atoms with Crippen LogP contribution in [-0.2, 0) is 6.54 Å². The Morgan fingerprint density at radius 3 is 2.95 bits per heavy atom. The standard InChI is InChI=1S/C15H22FN3O/c1-11(10-19(2)5-6-20)17-9-14-8-12-7-13(16)3-4-15(12)18-14/h3-4,7-8,11,17-18,20H,5-6,9-10H2,1-2H3. The topological polar surface area (TPSA) is 51.3 Å². The number of aliphatic hydroxyl groups excluding tert-OH is 1. The summed E-state index contributed by atoms with van der Waals surface area (Å²) in [5, 5.41) is 13.2. The molecule has 0 radical (unpaired) electrons. The van der Waals surface area contributed by atoms with Crippen molar-refractivity contribution in [3.05, 3.63) is 35.8 Å². The lowest BCUT2D eigenvalue weighted by atomic mass is 10.2. The van der Waals surface area contributed by atoms with Crippen LogP contribution in [0.15, 0.2) is 24.3 Å². The quantitative estimate of drug-likeness (QED) is 0.723. The minimum absolute atomic E-state index is 0.177. The number of aromatic nitrogens is 1. The van der Waals surface area contributed by atoms with Crippen LogP contribution in [0.5, 0.6) is 0 Å². The lowest BCUT2D eigenvalue weighted by Gasteiger charge is -2.21. The molecule has 0 fully saturated rings. The summed E-state index contributed by atoms with van der Waals surface area (Å²) in [6, 6.07) is 7.04. The van der Waals surface area contributed by atoms with Crippen molar-refractivity contribution in [1.82, 2.24) is 15.2 Å². The number of fused-ring (bicyclic) bond motifs is 1. The third-order valence-electron chi connectivity index (χ3n) is 3.35. The van der Waals surface area contributed by atoms with Crippen molar-refractivity contribution in [2.24, 2.45) is 0 Å². The Morgan fingerprint density at radius 2 is 2.20 bits per heavy atom. The average Bonchev–Trinajstić information content (AvgIpc) is 2.78. The summed E-state index contributed by atoms with van der Waals surface area (Å²) in [6.07, 6.45) is 0. The molecule has 20 heavy (non-hydrogen) atoms. The molecular formula is C15H22FN3O. The molecule has 1 heterocycles. The van der Waals surface area contributed by atoms with Gasteiger partial charge in [-0.15, -0.1) is 0 Å². The van der Waals surface area contributed by atoms with Crippen LogP contribution < -0.4 is 5.32 Å². The van der Waals surface area contributed by atoms with Crippen LogP contribution in [0, 0.1) is 5.82 Å². The Kier molecular flexibility index (Phi) is 5.11. The first-order valence-corrected chi connectivity index (χ1v) is 6.88. The van der Waals surface area contributed by atoms with E-state index in [9.17, 15) is 4.39 Å². The van der Waals surface area contributed by atoms with Gasteiger partial charge in [0.05, 0.1) is 6.61 Å². The smallest absolute Gasteiger partial charge is 0.123 e. The van der Waals surface area contributed by atoms with Gasteiger partial charge in [-0.1, -0.05) is 0 Å². The van der Waals surface area contributed by atoms with E-state index in [1.807, 2.05) is 13.1 Å². The molecule has 2 aromatic rings. The number of H-pyrrole nitrogens is 1. The number of nitrogens with zero attached hydrogens (tertiary/aromatic N) is 1. The molecule has 1 unspecified atom stereocenters. The lowest BCUT2D eigenvalue weighted by molar-refractivity contribution is 0.210.